The molecular weight excluding hydrogens is 364 g/mol. The SMILES string of the molecule is C[C@H](Oc1ccc(C#N)cc1)C(=O)NCc1ccc(-c2ccc(Cl)cc2)o1. The summed E-state index contributed by atoms with van der Waals surface area (Å²) >= 11 is 5.89. The number of nitrogens with one attached hydrogen (secondary N) is 1. The molecule has 0 saturated carbocycles. The first kappa shape index (κ1) is 18.6. The fourth-order valence-electron chi connectivity index (χ4n) is 2.43. The molecule has 1 amide bonds. The van der Waals surface area contributed by atoms with Crippen molar-refractivity contribution in [1.29, 1.82) is 5.26 Å². The van der Waals surface area contributed by atoms with Crippen molar-refractivity contribution in [1.82, 2.24) is 5.32 Å². The Labute approximate surface area is 162 Å². The molecule has 6 heteroatoms. The standard InChI is InChI=1S/C21H17ClN2O3/c1-14(26-18-8-2-15(12-23)3-9-18)21(25)24-13-19-10-11-20(27-19)16-4-6-17(22)7-5-16/h2-11,14H,13H2,1H3,(H,24,25)/t14-/m0/s1. The third-order valence-corrected chi connectivity index (χ3v) is 4.14. The van der Waals surface area contributed by atoms with E-state index in [0.717, 1.165) is 5.56 Å². The number of benzene rings is 2. The number of carbonyl (C=O) groups is 1. The van der Waals surface area contributed by atoms with E-state index in [1.165, 1.54) is 0 Å². The van der Waals surface area contributed by atoms with Gasteiger partial charge in [0.05, 0.1) is 18.2 Å². The van der Waals surface area contributed by atoms with E-state index in [9.17, 15) is 4.79 Å². The van der Waals surface area contributed by atoms with Crippen LogP contribution in [0.25, 0.3) is 11.3 Å². The van der Waals surface area contributed by atoms with Crippen molar-refractivity contribution in [2.24, 2.45) is 0 Å². The summed E-state index contributed by atoms with van der Waals surface area (Å²) in [6, 6.07) is 19.6. The average molecular weight is 381 g/mol. The highest BCUT2D eigenvalue weighted by molar-refractivity contribution is 6.30. The molecule has 3 aromatic rings. The zero-order chi connectivity index (χ0) is 19.2. The van der Waals surface area contributed by atoms with Crippen LogP contribution in [0.2, 0.25) is 5.02 Å². The lowest BCUT2D eigenvalue weighted by Crippen LogP contribution is -2.35. The van der Waals surface area contributed by atoms with E-state index in [-0.39, 0.29) is 12.5 Å². The first-order chi connectivity index (χ1) is 13.0. The molecule has 0 radical (unpaired) electrons. The Morgan fingerprint density at radius 3 is 2.52 bits per heavy atom. The Morgan fingerprint density at radius 1 is 1.15 bits per heavy atom. The lowest BCUT2D eigenvalue weighted by atomic mass is 10.2. The van der Waals surface area contributed by atoms with E-state index in [1.807, 2.05) is 30.3 Å². The van der Waals surface area contributed by atoms with Crippen LogP contribution < -0.4 is 10.1 Å². The third-order valence-electron chi connectivity index (χ3n) is 3.89. The molecule has 1 aromatic heterocycles. The zero-order valence-electron chi connectivity index (χ0n) is 14.6. The summed E-state index contributed by atoms with van der Waals surface area (Å²) in [4.78, 5) is 12.2. The first-order valence-electron chi connectivity index (χ1n) is 8.34. The van der Waals surface area contributed by atoms with Crippen LogP contribution in [0.1, 0.15) is 18.2 Å². The highest BCUT2D eigenvalue weighted by Gasteiger charge is 2.15. The fourth-order valence-corrected chi connectivity index (χ4v) is 2.55. The molecule has 0 aliphatic carbocycles. The minimum absolute atomic E-state index is 0.257. The zero-order valence-corrected chi connectivity index (χ0v) is 15.4. The molecule has 2 aromatic carbocycles. The van der Waals surface area contributed by atoms with Crippen molar-refractivity contribution in [3.8, 4) is 23.1 Å². The van der Waals surface area contributed by atoms with Gasteiger partial charge in [-0.3, -0.25) is 4.79 Å². The average Bonchev–Trinajstić information content (AvgIpc) is 3.16. The smallest absolute Gasteiger partial charge is 0.261 e. The predicted molar refractivity (Wildman–Crippen MR) is 102 cm³/mol. The predicted octanol–water partition coefficient (Wildman–Crippen LogP) is 4.56. The Kier molecular flexibility index (Phi) is 5.80. The number of amides is 1. The maximum absolute atomic E-state index is 12.2. The maximum atomic E-state index is 12.2. The van der Waals surface area contributed by atoms with Crippen LogP contribution >= 0.6 is 11.6 Å². The second-order valence-corrected chi connectivity index (χ2v) is 6.32. The second kappa shape index (κ2) is 8.43. The maximum Gasteiger partial charge on any atom is 0.261 e. The second-order valence-electron chi connectivity index (χ2n) is 5.89. The Morgan fingerprint density at radius 2 is 1.85 bits per heavy atom. The van der Waals surface area contributed by atoms with Gasteiger partial charge in [0.2, 0.25) is 0 Å². The van der Waals surface area contributed by atoms with E-state index in [4.69, 9.17) is 26.0 Å². The molecule has 0 saturated heterocycles. The number of nitrogens with zero attached hydrogens (tertiary/aromatic N) is 1. The number of hydrogen-bond acceptors (Lipinski definition) is 4. The number of halogens is 1. The van der Waals surface area contributed by atoms with Gasteiger partial charge in [0.1, 0.15) is 17.3 Å². The molecule has 27 heavy (non-hydrogen) atoms. The fraction of sp³-hybridized carbons (Fsp3) is 0.143. The molecule has 1 N–H and O–H groups in total. The van der Waals surface area contributed by atoms with E-state index in [0.29, 0.717) is 27.9 Å². The minimum atomic E-state index is -0.677. The van der Waals surface area contributed by atoms with Crippen molar-refractivity contribution in [2.75, 3.05) is 0 Å². The Balaban J connectivity index is 1.54. The van der Waals surface area contributed by atoms with Crippen molar-refractivity contribution in [3.63, 3.8) is 0 Å². The monoisotopic (exact) mass is 380 g/mol. The quantitative estimate of drug-likeness (QED) is 0.680. The van der Waals surface area contributed by atoms with E-state index >= 15 is 0 Å². The van der Waals surface area contributed by atoms with Gasteiger partial charge < -0.3 is 14.5 Å². The van der Waals surface area contributed by atoms with Gasteiger partial charge in [-0.15, -0.1) is 0 Å². The summed E-state index contributed by atoms with van der Waals surface area (Å²) in [6.45, 7) is 1.92. The molecule has 0 bridgehead atoms. The van der Waals surface area contributed by atoms with Gasteiger partial charge >= 0.3 is 0 Å². The van der Waals surface area contributed by atoms with Gasteiger partial charge in [0, 0.05) is 10.6 Å². The highest BCUT2D eigenvalue weighted by Crippen LogP contribution is 2.23. The van der Waals surface area contributed by atoms with Crippen LogP contribution in [0.5, 0.6) is 5.75 Å². The first-order valence-corrected chi connectivity index (χ1v) is 8.72. The lowest BCUT2D eigenvalue weighted by Gasteiger charge is -2.14. The largest absolute Gasteiger partial charge is 0.481 e. The molecule has 0 aliphatic heterocycles. The number of hydrogen-bond donors (Lipinski definition) is 1. The molecule has 136 valence electrons. The number of nitriles is 1. The molecule has 0 fully saturated rings. The normalized spacial score (nSPS) is 11.4. The number of rotatable bonds is 6. The highest BCUT2D eigenvalue weighted by atomic mass is 35.5. The summed E-state index contributed by atoms with van der Waals surface area (Å²) in [5.74, 6) is 1.61. The van der Waals surface area contributed by atoms with Crippen LogP contribution in [0.3, 0.4) is 0 Å². The van der Waals surface area contributed by atoms with Crippen molar-refractivity contribution in [2.45, 2.75) is 19.6 Å². The Hall–Kier alpha value is -3.23. The molecule has 3 rings (SSSR count). The van der Waals surface area contributed by atoms with Crippen LogP contribution in [0, 0.1) is 11.3 Å². The van der Waals surface area contributed by atoms with Crippen molar-refractivity contribution >= 4 is 17.5 Å². The molecule has 5 nitrogen and oxygen atoms in total. The molecule has 0 spiro atoms. The molecule has 1 atom stereocenters. The molecular formula is C21H17ClN2O3. The summed E-state index contributed by atoms with van der Waals surface area (Å²) in [5, 5.41) is 12.2. The van der Waals surface area contributed by atoms with E-state index in [1.54, 1.807) is 43.3 Å². The van der Waals surface area contributed by atoms with E-state index < -0.39 is 6.10 Å². The number of carbonyl (C=O) groups excluding carboxylic acids is 1. The van der Waals surface area contributed by atoms with E-state index in [2.05, 4.69) is 5.32 Å². The molecule has 0 unspecified atom stereocenters. The van der Waals surface area contributed by atoms with Crippen LogP contribution in [-0.4, -0.2) is 12.0 Å². The van der Waals surface area contributed by atoms with Crippen LogP contribution in [0.4, 0.5) is 0 Å². The van der Waals surface area contributed by atoms with Crippen molar-refractivity contribution < 1.29 is 13.9 Å². The van der Waals surface area contributed by atoms with Gasteiger partial charge in [-0.1, -0.05) is 11.6 Å². The minimum Gasteiger partial charge on any atom is -0.481 e. The summed E-state index contributed by atoms with van der Waals surface area (Å²) in [6.07, 6.45) is -0.677. The number of furan rings is 1. The Bertz CT molecular complexity index is 956. The third kappa shape index (κ3) is 4.90. The summed E-state index contributed by atoms with van der Waals surface area (Å²) < 4.78 is 11.3. The van der Waals surface area contributed by atoms with Gasteiger partial charge in [-0.2, -0.15) is 5.26 Å². The number of ether oxygens (including phenoxy) is 1. The lowest BCUT2D eigenvalue weighted by molar-refractivity contribution is -0.127. The van der Waals surface area contributed by atoms with Gasteiger partial charge in [-0.25, -0.2) is 0 Å². The van der Waals surface area contributed by atoms with Gasteiger partial charge in [-0.05, 0) is 67.6 Å². The summed E-state index contributed by atoms with van der Waals surface area (Å²) in [5.41, 5.74) is 1.45. The summed E-state index contributed by atoms with van der Waals surface area (Å²) in [7, 11) is 0. The van der Waals surface area contributed by atoms with Crippen LogP contribution in [0.15, 0.2) is 65.1 Å². The molecule has 0 aliphatic rings. The van der Waals surface area contributed by atoms with Crippen LogP contribution in [-0.2, 0) is 11.3 Å². The van der Waals surface area contributed by atoms with Gasteiger partial charge in [0.25, 0.3) is 5.91 Å². The van der Waals surface area contributed by atoms with Gasteiger partial charge in [0.15, 0.2) is 6.10 Å². The van der Waals surface area contributed by atoms with Crippen molar-refractivity contribution in [3.05, 3.63) is 77.0 Å². The molecule has 1 heterocycles. The topological polar surface area (TPSA) is 75.3 Å².